The van der Waals surface area contributed by atoms with Crippen molar-refractivity contribution in [2.24, 2.45) is 17.8 Å². The zero-order valence-electron chi connectivity index (χ0n) is 20.9. The molecular weight excluding hydrogens is 447 g/mol. The van der Waals surface area contributed by atoms with Gasteiger partial charge in [0.25, 0.3) is 0 Å². The number of carbonyl (C=O) groups excluding carboxylic acids is 1. The van der Waals surface area contributed by atoms with Crippen LogP contribution in [0.1, 0.15) is 69.7 Å². The third-order valence-corrected chi connectivity index (χ3v) is 7.92. The maximum Gasteiger partial charge on any atom is 0.324 e. The SMILES string of the molecule is CC(C)c1noc(N2CCC([C@H]3CC3CCOc3ccc(CC(=O)N4CCCC4)c(F)c3)CC2)n1. The lowest BCUT2D eigenvalue weighted by Crippen LogP contribution is -2.34. The molecule has 2 aliphatic heterocycles. The van der Waals surface area contributed by atoms with Gasteiger partial charge in [-0.2, -0.15) is 4.98 Å². The number of hydrogen-bond donors (Lipinski definition) is 0. The molecule has 1 aromatic heterocycles. The normalized spacial score (nSPS) is 22.7. The van der Waals surface area contributed by atoms with Crippen molar-refractivity contribution in [1.29, 1.82) is 0 Å². The van der Waals surface area contributed by atoms with Gasteiger partial charge in [0.05, 0.1) is 13.0 Å². The number of benzene rings is 1. The Hall–Kier alpha value is -2.64. The van der Waals surface area contributed by atoms with Gasteiger partial charge in [-0.1, -0.05) is 25.1 Å². The Morgan fingerprint density at radius 1 is 1.20 bits per heavy atom. The highest BCUT2D eigenvalue weighted by Gasteiger charge is 2.43. The van der Waals surface area contributed by atoms with E-state index in [0.29, 0.717) is 29.9 Å². The Bertz CT molecular complexity index is 1010. The molecule has 35 heavy (non-hydrogen) atoms. The van der Waals surface area contributed by atoms with E-state index in [0.717, 1.165) is 75.9 Å². The van der Waals surface area contributed by atoms with E-state index < -0.39 is 0 Å². The van der Waals surface area contributed by atoms with Crippen LogP contribution in [0.3, 0.4) is 0 Å². The van der Waals surface area contributed by atoms with Crippen molar-refractivity contribution in [3.8, 4) is 5.75 Å². The molecule has 3 aliphatic rings. The van der Waals surface area contributed by atoms with Gasteiger partial charge in [-0.15, -0.1) is 0 Å². The Balaban J connectivity index is 1.02. The first kappa shape index (κ1) is 24.1. The van der Waals surface area contributed by atoms with Gasteiger partial charge in [0.2, 0.25) is 5.91 Å². The van der Waals surface area contributed by atoms with E-state index >= 15 is 0 Å². The minimum Gasteiger partial charge on any atom is -0.493 e. The molecule has 2 aromatic rings. The summed E-state index contributed by atoms with van der Waals surface area (Å²) in [5.41, 5.74) is 0.448. The molecule has 0 radical (unpaired) electrons. The van der Waals surface area contributed by atoms with Crippen molar-refractivity contribution in [3.63, 3.8) is 0 Å². The summed E-state index contributed by atoms with van der Waals surface area (Å²) in [4.78, 5) is 20.9. The molecule has 2 saturated heterocycles. The molecule has 1 aromatic carbocycles. The number of hydrogen-bond acceptors (Lipinski definition) is 6. The van der Waals surface area contributed by atoms with Crippen LogP contribution in [-0.2, 0) is 11.2 Å². The first-order valence-electron chi connectivity index (χ1n) is 13.3. The van der Waals surface area contributed by atoms with Gasteiger partial charge in [0.15, 0.2) is 5.82 Å². The molecular formula is C27H37FN4O3. The highest BCUT2D eigenvalue weighted by molar-refractivity contribution is 5.79. The number of halogens is 1. The zero-order valence-corrected chi connectivity index (χ0v) is 20.9. The predicted octanol–water partition coefficient (Wildman–Crippen LogP) is 4.82. The number of piperidine rings is 1. The number of carbonyl (C=O) groups is 1. The van der Waals surface area contributed by atoms with Crippen molar-refractivity contribution in [2.75, 3.05) is 37.7 Å². The summed E-state index contributed by atoms with van der Waals surface area (Å²) in [7, 11) is 0. The molecule has 7 nitrogen and oxygen atoms in total. The van der Waals surface area contributed by atoms with Crippen molar-refractivity contribution in [2.45, 2.75) is 64.7 Å². The standard InChI is InChI=1S/C27H37FN4O3/c1-18(2)26-29-27(35-30-26)32-12-7-19(8-13-32)23-15-20(23)9-14-34-22-6-5-21(24(28)17-22)16-25(33)31-10-3-4-11-31/h5-6,17-20,23H,3-4,7-16H2,1-2H3/t20?,23-/m1/s1. The minimum atomic E-state index is -0.354. The second-order valence-electron chi connectivity index (χ2n) is 10.7. The molecule has 3 heterocycles. The van der Waals surface area contributed by atoms with Crippen LogP contribution in [0, 0.1) is 23.6 Å². The van der Waals surface area contributed by atoms with E-state index in [1.807, 2.05) is 4.90 Å². The smallest absolute Gasteiger partial charge is 0.324 e. The third kappa shape index (κ3) is 5.78. The van der Waals surface area contributed by atoms with Crippen LogP contribution in [0.2, 0.25) is 0 Å². The molecule has 3 fully saturated rings. The van der Waals surface area contributed by atoms with Crippen molar-refractivity contribution >= 4 is 11.9 Å². The molecule has 1 unspecified atom stereocenters. The number of nitrogens with zero attached hydrogens (tertiary/aromatic N) is 4. The number of likely N-dealkylation sites (tertiary alicyclic amines) is 1. The van der Waals surface area contributed by atoms with Gasteiger partial charge in [0, 0.05) is 38.2 Å². The largest absolute Gasteiger partial charge is 0.493 e. The number of anilines is 1. The van der Waals surface area contributed by atoms with Gasteiger partial charge < -0.3 is 19.1 Å². The molecule has 1 saturated carbocycles. The number of ether oxygens (including phenoxy) is 1. The maximum absolute atomic E-state index is 14.5. The van der Waals surface area contributed by atoms with E-state index in [1.54, 1.807) is 12.1 Å². The summed E-state index contributed by atoms with van der Waals surface area (Å²) >= 11 is 0. The Kier molecular flexibility index (Phi) is 7.25. The molecule has 190 valence electrons. The average molecular weight is 485 g/mol. The molecule has 0 N–H and O–H groups in total. The lowest BCUT2D eigenvalue weighted by molar-refractivity contribution is -0.129. The van der Waals surface area contributed by atoms with Crippen LogP contribution in [-0.4, -0.2) is 53.7 Å². The molecule has 0 bridgehead atoms. The monoisotopic (exact) mass is 484 g/mol. The second kappa shape index (κ2) is 10.5. The molecule has 1 aliphatic carbocycles. The van der Waals surface area contributed by atoms with E-state index in [2.05, 4.69) is 28.9 Å². The topological polar surface area (TPSA) is 71.7 Å². The summed E-state index contributed by atoms with van der Waals surface area (Å²) < 4.78 is 25.8. The van der Waals surface area contributed by atoms with Gasteiger partial charge >= 0.3 is 6.01 Å². The van der Waals surface area contributed by atoms with Crippen LogP contribution in [0.15, 0.2) is 22.7 Å². The molecule has 8 heteroatoms. The Morgan fingerprint density at radius 3 is 2.66 bits per heavy atom. The van der Waals surface area contributed by atoms with Crippen LogP contribution in [0.4, 0.5) is 10.4 Å². The van der Waals surface area contributed by atoms with Gasteiger partial charge in [0.1, 0.15) is 11.6 Å². The Morgan fingerprint density at radius 2 is 1.97 bits per heavy atom. The average Bonchev–Trinajstić information content (AvgIpc) is 3.24. The fourth-order valence-electron chi connectivity index (χ4n) is 5.62. The first-order valence-corrected chi connectivity index (χ1v) is 13.3. The van der Waals surface area contributed by atoms with Gasteiger partial charge in [-0.3, -0.25) is 4.79 Å². The minimum absolute atomic E-state index is 0.0121. The highest BCUT2D eigenvalue weighted by Crippen LogP contribution is 2.50. The quantitative estimate of drug-likeness (QED) is 0.508. The van der Waals surface area contributed by atoms with Gasteiger partial charge in [-0.25, -0.2) is 4.39 Å². The first-order chi connectivity index (χ1) is 17.0. The lowest BCUT2D eigenvalue weighted by Gasteiger charge is -2.30. The van der Waals surface area contributed by atoms with E-state index in [-0.39, 0.29) is 24.1 Å². The maximum atomic E-state index is 14.5. The predicted molar refractivity (Wildman–Crippen MR) is 131 cm³/mol. The van der Waals surface area contributed by atoms with E-state index in [1.165, 1.54) is 12.5 Å². The molecule has 0 spiro atoms. The number of amides is 1. The van der Waals surface area contributed by atoms with Crippen LogP contribution < -0.4 is 9.64 Å². The summed E-state index contributed by atoms with van der Waals surface area (Å²) in [6.45, 7) is 8.27. The fourth-order valence-corrected chi connectivity index (χ4v) is 5.62. The zero-order chi connectivity index (χ0) is 24.4. The summed E-state index contributed by atoms with van der Waals surface area (Å²) in [5.74, 6) is 3.47. The Labute approximate surface area is 207 Å². The third-order valence-electron chi connectivity index (χ3n) is 7.92. The summed E-state index contributed by atoms with van der Waals surface area (Å²) in [6.07, 6.45) is 6.79. The van der Waals surface area contributed by atoms with Crippen LogP contribution >= 0.6 is 0 Å². The number of aromatic nitrogens is 2. The lowest BCUT2D eigenvalue weighted by atomic mass is 9.90. The second-order valence-corrected chi connectivity index (χ2v) is 10.7. The molecule has 1 amide bonds. The highest BCUT2D eigenvalue weighted by atomic mass is 19.1. The fraction of sp³-hybridized carbons (Fsp3) is 0.667. The number of rotatable bonds is 9. The summed E-state index contributed by atoms with van der Waals surface area (Å²) in [5, 5.41) is 4.09. The van der Waals surface area contributed by atoms with Crippen LogP contribution in [0.25, 0.3) is 0 Å². The van der Waals surface area contributed by atoms with E-state index in [9.17, 15) is 9.18 Å². The van der Waals surface area contributed by atoms with Gasteiger partial charge in [-0.05, 0) is 67.9 Å². The van der Waals surface area contributed by atoms with Crippen molar-refractivity contribution in [1.82, 2.24) is 15.0 Å². The van der Waals surface area contributed by atoms with Crippen molar-refractivity contribution < 1.29 is 18.4 Å². The van der Waals surface area contributed by atoms with Crippen molar-refractivity contribution in [3.05, 3.63) is 35.4 Å². The molecule has 5 rings (SSSR count). The van der Waals surface area contributed by atoms with Crippen LogP contribution in [0.5, 0.6) is 5.75 Å². The molecule has 2 atom stereocenters. The van der Waals surface area contributed by atoms with E-state index in [4.69, 9.17) is 9.26 Å². The summed E-state index contributed by atoms with van der Waals surface area (Å²) in [6, 6.07) is 5.57.